The average Bonchev–Trinajstić information content (AvgIpc) is 2.93. The van der Waals surface area contributed by atoms with Gasteiger partial charge in [0.25, 0.3) is 0 Å². The Bertz CT molecular complexity index is 1330. The van der Waals surface area contributed by atoms with Gasteiger partial charge in [0.05, 0.1) is 5.69 Å². The van der Waals surface area contributed by atoms with Crippen LogP contribution in [0.25, 0.3) is 0 Å². The van der Waals surface area contributed by atoms with Crippen molar-refractivity contribution in [1.29, 1.82) is 0 Å². The van der Waals surface area contributed by atoms with E-state index < -0.39 is 28.7 Å². The van der Waals surface area contributed by atoms with E-state index in [1.165, 1.54) is 19.0 Å². The highest BCUT2D eigenvalue weighted by molar-refractivity contribution is 7.90. The predicted molar refractivity (Wildman–Crippen MR) is 155 cm³/mol. The molecule has 0 heterocycles. The molecule has 9 heteroatoms. The molecule has 0 bridgehead atoms. The van der Waals surface area contributed by atoms with Crippen LogP contribution in [0, 0.1) is 6.92 Å². The highest BCUT2D eigenvalue weighted by atomic mass is 32.2. The summed E-state index contributed by atoms with van der Waals surface area (Å²) >= 11 is 0. The van der Waals surface area contributed by atoms with Crippen LogP contribution < -0.4 is 9.62 Å². The third kappa shape index (κ3) is 7.91. The minimum Gasteiger partial charge on any atom is -0.354 e. The van der Waals surface area contributed by atoms with Gasteiger partial charge in [-0.2, -0.15) is 12.7 Å². The number of hydrogen-bond donors (Lipinski definition) is 1. The quantitative estimate of drug-likeness (QED) is 0.351. The van der Waals surface area contributed by atoms with Gasteiger partial charge in [-0.1, -0.05) is 79.7 Å². The molecule has 1 unspecified atom stereocenters. The highest BCUT2D eigenvalue weighted by Gasteiger charge is 2.34. The maximum Gasteiger partial charge on any atom is 0.304 e. The molecule has 39 heavy (non-hydrogen) atoms. The number of hydrogen-bond acceptors (Lipinski definition) is 4. The summed E-state index contributed by atoms with van der Waals surface area (Å²) in [5.41, 5.74) is 3.13. The first-order valence-corrected chi connectivity index (χ1v) is 14.5. The molecule has 0 aliphatic carbocycles. The van der Waals surface area contributed by atoms with Crippen LogP contribution in [-0.4, -0.2) is 62.7 Å². The van der Waals surface area contributed by atoms with Crippen molar-refractivity contribution >= 4 is 27.7 Å². The van der Waals surface area contributed by atoms with E-state index in [-0.39, 0.29) is 12.5 Å². The van der Waals surface area contributed by atoms with Gasteiger partial charge in [0.2, 0.25) is 11.8 Å². The van der Waals surface area contributed by atoms with Crippen LogP contribution in [0.3, 0.4) is 0 Å². The minimum absolute atomic E-state index is 0.160. The van der Waals surface area contributed by atoms with E-state index in [4.69, 9.17) is 0 Å². The monoisotopic (exact) mass is 550 g/mol. The van der Waals surface area contributed by atoms with E-state index in [2.05, 4.69) is 5.32 Å². The summed E-state index contributed by atoms with van der Waals surface area (Å²) in [6.45, 7) is 4.10. The molecule has 3 aromatic carbocycles. The third-order valence-electron chi connectivity index (χ3n) is 6.49. The standard InChI is InChI=1S/C30H38N4O4S/c1-5-20-31-30(36)28(21-25-15-8-6-9-16-25)33(22-26-17-13-12-14-24(26)2)29(35)23-34(39(37,38)32(3)4)27-18-10-7-11-19-27/h6-19,28H,5,20-23H2,1-4H3,(H,31,36). The lowest BCUT2D eigenvalue weighted by Gasteiger charge is -2.34. The van der Waals surface area contributed by atoms with Crippen molar-refractivity contribution in [2.75, 3.05) is 31.5 Å². The van der Waals surface area contributed by atoms with Gasteiger partial charge in [-0.3, -0.25) is 9.59 Å². The van der Waals surface area contributed by atoms with Crippen molar-refractivity contribution in [2.45, 2.75) is 39.3 Å². The SMILES string of the molecule is CCCNC(=O)C(Cc1ccccc1)N(Cc1ccccc1C)C(=O)CN(c1ccccc1)S(=O)(=O)N(C)C. The summed E-state index contributed by atoms with van der Waals surface area (Å²) in [5.74, 6) is -0.746. The van der Waals surface area contributed by atoms with E-state index in [9.17, 15) is 18.0 Å². The molecular formula is C30H38N4O4S. The number of para-hydroxylation sites is 1. The van der Waals surface area contributed by atoms with E-state index in [1.807, 2.05) is 68.4 Å². The molecular weight excluding hydrogens is 512 g/mol. The van der Waals surface area contributed by atoms with Gasteiger partial charge in [0, 0.05) is 33.6 Å². The van der Waals surface area contributed by atoms with E-state index in [1.54, 1.807) is 30.3 Å². The van der Waals surface area contributed by atoms with Crippen molar-refractivity contribution in [3.8, 4) is 0 Å². The highest BCUT2D eigenvalue weighted by Crippen LogP contribution is 2.22. The fourth-order valence-electron chi connectivity index (χ4n) is 4.20. The molecule has 3 aromatic rings. The van der Waals surface area contributed by atoms with Gasteiger partial charge < -0.3 is 10.2 Å². The Morgan fingerprint density at radius 2 is 1.46 bits per heavy atom. The van der Waals surface area contributed by atoms with Crippen molar-refractivity contribution < 1.29 is 18.0 Å². The Kier molecular flexibility index (Phi) is 10.7. The van der Waals surface area contributed by atoms with Gasteiger partial charge in [-0.05, 0) is 42.2 Å². The normalized spacial score (nSPS) is 12.1. The lowest BCUT2D eigenvalue weighted by molar-refractivity contribution is -0.140. The van der Waals surface area contributed by atoms with E-state index >= 15 is 0 Å². The molecule has 0 spiro atoms. The first-order chi connectivity index (χ1) is 18.6. The maximum absolute atomic E-state index is 14.1. The number of rotatable bonds is 13. The number of carbonyl (C=O) groups is 2. The lowest BCUT2D eigenvalue weighted by atomic mass is 10.0. The molecule has 0 aliphatic rings. The summed E-state index contributed by atoms with van der Waals surface area (Å²) in [7, 11) is -1.15. The zero-order chi connectivity index (χ0) is 28.4. The Morgan fingerprint density at radius 1 is 0.872 bits per heavy atom. The fraction of sp³-hybridized carbons (Fsp3) is 0.333. The third-order valence-corrected chi connectivity index (χ3v) is 8.31. The number of amides is 2. The predicted octanol–water partition coefficient (Wildman–Crippen LogP) is 3.77. The Morgan fingerprint density at radius 3 is 2.05 bits per heavy atom. The molecule has 0 aromatic heterocycles. The number of anilines is 1. The topological polar surface area (TPSA) is 90.0 Å². The van der Waals surface area contributed by atoms with Crippen LogP contribution in [0.1, 0.15) is 30.0 Å². The zero-order valence-electron chi connectivity index (χ0n) is 23.1. The summed E-state index contributed by atoms with van der Waals surface area (Å²) in [4.78, 5) is 29.2. The Hall–Kier alpha value is -3.69. The molecule has 2 amide bonds. The van der Waals surface area contributed by atoms with Crippen LogP contribution in [-0.2, 0) is 32.8 Å². The van der Waals surface area contributed by atoms with Gasteiger partial charge in [-0.15, -0.1) is 0 Å². The second-order valence-corrected chi connectivity index (χ2v) is 11.6. The molecule has 1 atom stereocenters. The van der Waals surface area contributed by atoms with Crippen LogP contribution in [0.4, 0.5) is 5.69 Å². The average molecular weight is 551 g/mol. The molecule has 0 fully saturated rings. The summed E-state index contributed by atoms with van der Waals surface area (Å²) < 4.78 is 28.8. The van der Waals surface area contributed by atoms with Crippen LogP contribution in [0.2, 0.25) is 0 Å². The van der Waals surface area contributed by atoms with Gasteiger partial charge in [0.1, 0.15) is 12.6 Å². The molecule has 208 valence electrons. The first kappa shape index (κ1) is 29.9. The number of carbonyl (C=O) groups excluding carboxylic acids is 2. The summed E-state index contributed by atoms with van der Waals surface area (Å²) in [6.07, 6.45) is 1.04. The number of benzene rings is 3. The van der Waals surface area contributed by atoms with Crippen molar-refractivity contribution in [2.24, 2.45) is 0 Å². The Balaban J connectivity index is 2.07. The maximum atomic E-state index is 14.1. The molecule has 0 saturated heterocycles. The van der Waals surface area contributed by atoms with Crippen molar-refractivity contribution in [3.63, 3.8) is 0 Å². The minimum atomic E-state index is -4.00. The van der Waals surface area contributed by atoms with Crippen LogP contribution >= 0.6 is 0 Å². The smallest absolute Gasteiger partial charge is 0.304 e. The number of aryl methyl sites for hydroxylation is 1. The molecule has 8 nitrogen and oxygen atoms in total. The number of nitrogens with one attached hydrogen (secondary N) is 1. The molecule has 3 rings (SSSR count). The zero-order valence-corrected chi connectivity index (χ0v) is 23.9. The van der Waals surface area contributed by atoms with Crippen molar-refractivity contribution in [1.82, 2.24) is 14.5 Å². The Labute approximate surface area is 232 Å². The largest absolute Gasteiger partial charge is 0.354 e. The van der Waals surface area contributed by atoms with Crippen LogP contribution in [0.15, 0.2) is 84.9 Å². The van der Waals surface area contributed by atoms with Gasteiger partial charge >= 0.3 is 10.2 Å². The molecule has 0 radical (unpaired) electrons. The second kappa shape index (κ2) is 13.9. The van der Waals surface area contributed by atoms with Crippen molar-refractivity contribution in [3.05, 3.63) is 102 Å². The van der Waals surface area contributed by atoms with Crippen LogP contribution in [0.5, 0.6) is 0 Å². The van der Waals surface area contributed by atoms with Gasteiger partial charge in [0.15, 0.2) is 0 Å². The first-order valence-electron chi connectivity index (χ1n) is 13.1. The van der Waals surface area contributed by atoms with E-state index in [0.717, 1.165) is 31.7 Å². The number of nitrogens with zero attached hydrogens (tertiary/aromatic N) is 3. The lowest BCUT2D eigenvalue weighted by Crippen LogP contribution is -2.54. The van der Waals surface area contributed by atoms with E-state index in [0.29, 0.717) is 18.7 Å². The molecule has 0 aliphatic heterocycles. The summed E-state index contributed by atoms with van der Waals surface area (Å²) in [5, 5.41) is 2.95. The summed E-state index contributed by atoms with van der Waals surface area (Å²) in [6, 6.07) is 24.9. The molecule has 1 N–H and O–H groups in total. The second-order valence-electron chi connectivity index (χ2n) is 9.58. The molecule has 0 saturated carbocycles. The van der Waals surface area contributed by atoms with Gasteiger partial charge in [-0.25, -0.2) is 4.31 Å². The fourth-order valence-corrected chi connectivity index (χ4v) is 5.26.